The van der Waals surface area contributed by atoms with Gasteiger partial charge in [0, 0.05) is 22.1 Å². The molecule has 0 aliphatic heterocycles. The fraction of sp³-hybridized carbons (Fsp3) is 0. The summed E-state index contributed by atoms with van der Waals surface area (Å²) < 4.78 is 3.53. The van der Waals surface area contributed by atoms with Crippen LogP contribution in [0.1, 0.15) is 10.4 Å². The maximum absolute atomic E-state index is 11.6. The number of amides is 1. The van der Waals surface area contributed by atoms with Gasteiger partial charge in [-0.25, -0.2) is 0 Å². The number of anilines is 1. The van der Waals surface area contributed by atoms with Gasteiger partial charge in [-0.3, -0.25) is 10.1 Å². The Hall–Kier alpha value is -1.53. The van der Waals surface area contributed by atoms with E-state index in [-0.39, 0.29) is 5.91 Å². The second-order valence-corrected chi connectivity index (χ2v) is 3.80. The van der Waals surface area contributed by atoms with Crippen molar-refractivity contribution in [1.29, 1.82) is 0 Å². The first kappa shape index (κ1) is 10.0. The number of hydrogen-bond acceptors (Lipinski definition) is 5. The Kier molecular flexibility index (Phi) is 2.89. The Morgan fingerprint density at radius 3 is 2.67 bits per heavy atom. The van der Waals surface area contributed by atoms with Gasteiger partial charge in [0.1, 0.15) is 0 Å². The summed E-state index contributed by atoms with van der Waals surface area (Å²) in [6, 6.07) is 6.56. The zero-order valence-corrected chi connectivity index (χ0v) is 8.92. The van der Waals surface area contributed by atoms with Crippen LogP contribution in [0.15, 0.2) is 24.3 Å². The number of nitrogens with zero attached hydrogens (tertiary/aromatic N) is 3. The largest absolute Gasteiger partial charge is 0.295 e. The van der Waals surface area contributed by atoms with Crippen molar-refractivity contribution >= 4 is 34.2 Å². The van der Waals surface area contributed by atoms with E-state index >= 15 is 0 Å². The molecule has 0 aliphatic rings. The van der Waals surface area contributed by atoms with Gasteiger partial charge >= 0.3 is 0 Å². The summed E-state index contributed by atoms with van der Waals surface area (Å²) in [5, 5.41) is 10.5. The van der Waals surface area contributed by atoms with E-state index in [0.717, 1.165) is 11.5 Å². The SMILES string of the molecule is O=C(Nc1nnns1)c1ccc(Cl)cc1. The molecule has 1 aromatic heterocycles. The molecule has 76 valence electrons. The molecule has 0 saturated carbocycles. The number of carbonyl (C=O) groups is 1. The molecule has 7 heteroatoms. The molecule has 0 unspecified atom stereocenters. The maximum Gasteiger partial charge on any atom is 0.257 e. The van der Waals surface area contributed by atoms with Crippen LogP contribution in [0.5, 0.6) is 0 Å². The standard InChI is InChI=1S/C8H5ClN4OS/c9-6-3-1-5(2-4-6)7(14)10-8-11-12-13-15-8/h1-4H,(H,10,11,13,14). The number of aromatic nitrogens is 3. The highest BCUT2D eigenvalue weighted by Crippen LogP contribution is 2.12. The third-order valence-corrected chi connectivity index (χ3v) is 2.39. The predicted octanol–water partition coefficient (Wildman–Crippen LogP) is 1.84. The van der Waals surface area contributed by atoms with Crippen molar-refractivity contribution in [2.24, 2.45) is 0 Å². The molecule has 1 amide bonds. The van der Waals surface area contributed by atoms with Gasteiger partial charge in [-0.15, -0.1) is 0 Å². The second kappa shape index (κ2) is 4.33. The van der Waals surface area contributed by atoms with Crippen LogP contribution in [-0.2, 0) is 0 Å². The smallest absolute Gasteiger partial charge is 0.257 e. The third-order valence-electron chi connectivity index (χ3n) is 1.63. The summed E-state index contributed by atoms with van der Waals surface area (Å²) in [5.41, 5.74) is 0.509. The van der Waals surface area contributed by atoms with E-state index in [2.05, 4.69) is 20.1 Å². The van der Waals surface area contributed by atoms with Gasteiger partial charge in [-0.1, -0.05) is 21.2 Å². The van der Waals surface area contributed by atoms with Crippen molar-refractivity contribution < 1.29 is 4.79 Å². The molecule has 0 spiro atoms. The summed E-state index contributed by atoms with van der Waals surface area (Å²) in [6.45, 7) is 0. The normalized spacial score (nSPS) is 9.93. The van der Waals surface area contributed by atoms with Crippen LogP contribution in [-0.4, -0.2) is 20.7 Å². The van der Waals surface area contributed by atoms with Crippen molar-refractivity contribution in [3.8, 4) is 0 Å². The summed E-state index contributed by atoms with van der Waals surface area (Å²) in [4.78, 5) is 11.6. The zero-order valence-electron chi connectivity index (χ0n) is 7.35. The lowest BCUT2D eigenvalue weighted by molar-refractivity contribution is 0.102. The molecular formula is C8H5ClN4OS. The lowest BCUT2D eigenvalue weighted by Gasteiger charge is -1.99. The zero-order chi connectivity index (χ0) is 10.7. The number of nitrogens with one attached hydrogen (secondary N) is 1. The fourth-order valence-corrected chi connectivity index (χ4v) is 1.44. The van der Waals surface area contributed by atoms with Crippen LogP contribution in [0.25, 0.3) is 0 Å². The van der Waals surface area contributed by atoms with Crippen molar-refractivity contribution in [3.63, 3.8) is 0 Å². The number of rotatable bonds is 2. The Bertz CT molecular complexity index is 456. The molecule has 0 atom stereocenters. The topological polar surface area (TPSA) is 67.8 Å². The number of hydrogen-bond donors (Lipinski definition) is 1. The molecule has 1 aromatic carbocycles. The first-order valence-electron chi connectivity index (χ1n) is 3.97. The number of carbonyl (C=O) groups excluding carboxylic acids is 1. The van der Waals surface area contributed by atoms with Gasteiger partial charge < -0.3 is 0 Å². The molecule has 15 heavy (non-hydrogen) atoms. The minimum absolute atomic E-state index is 0.259. The average molecular weight is 241 g/mol. The summed E-state index contributed by atoms with van der Waals surface area (Å²) in [7, 11) is 0. The highest BCUT2D eigenvalue weighted by molar-refractivity contribution is 7.09. The average Bonchev–Trinajstić information content (AvgIpc) is 2.71. The van der Waals surface area contributed by atoms with E-state index in [1.807, 2.05) is 0 Å². The summed E-state index contributed by atoms with van der Waals surface area (Å²) in [6.07, 6.45) is 0. The molecule has 0 radical (unpaired) electrons. The van der Waals surface area contributed by atoms with Crippen LogP contribution in [0.4, 0.5) is 5.13 Å². The molecule has 1 N–H and O–H groups in total. The van der Waals surface area contributed by atoms with Crippen molar-refractivity contribution in [3.05, 3.63) is 34.9 Å². The predicted molar refractivity (Wildman–Crippen MR) is 57.1 cm³/mol. The summed E-state index contributed by atoms with van der Waals surface area (Å²) >= 11 is 6.72. The monoisotopic (exact) mass is 240 g/mol. The van der Waals surface area contributed by atoms with E-state index in [1.54, 1.807) is 24.3 Å². The number of benzene rings is 1. The molecule has 0 fully saturated rings. The van der Waals surface area contributed by atoms with E-state index in [4.69, 9.17) is 11.6 Å². The summed E-state index contributed by atoms with van der Waals surface area (Å²) in [5.74, 6) is -0.259. The van der Waals surface area contributed by atoms with Crippen LogP contribution < -0.4 is 5.32 Å². The molecule has 0 saturated heterocycles. The van der Waals surface area contributed by atoms with Crippen molar-refractivity contribution in [1.82, 2.24) is 14.8 Å². The van der Waals surface area contributed by atoms with Gasteiger partial charge in [-0.05, 0) is 29.5 Å². The van der Waals surface area contributed by atoms with Crippen LogP contribution >= 0.6 is 23.1 Å². The second-order valence-electron chi connectivity index (χ2n) is 2.63. The van der Waals surface area contributed by atoms with Crippen LogP contribution in [0.2, 0.25) is 5.02 Å². The van der Waals surface area contributed by atoms with Gasteiger partial charge in [0.2, 0.25) is 5.13 Å². The Morgan fingerprint density at radius 1 is 1.33 bits per heavy atom. The minimum atomic E-state index is -0.259. The molecule has 5 nitrogen and oxygen atoms in total. The quantitative estimate of drug-likeness (QED) is 0.870. The molecule has 0 bridgehead atoms. The first-order valence-corrected chi connectivity index (χ1v) is 5.13. The first-order chi connectivity index (χ1) is 7.25. The highest BCUT2D eigenvalue weighted by atomic mass is 35.5. The Balaban J connectivity index is 2.11. The van der Waals surface area contributed by atoms with Gasteiger partial charge in [0.05, 0.1) is 0 Å². The van der Waals surface area contributed by atoms with E-state index in [9.17, 15) is 4.79 Å². The Labute approximate surface area is 94.2 Å². The minimum Gasteiger partial charge on any atom is -0.295 e. The molecule has 2 aromatic rings. The molecular weight excluding hydrogens is 236 g/mol. The van der Waals surface area contributed by atoms with E-state index in [1.165, 1.54) is 0 Å². The highest BCUT2D eigenvalue weighted by Gasteiger charge is 2.07. The van der Waals surface area contributed by atoms with E-state index < -0.39 is 0 Å². The van der Waals surface area contributed by atoms with E-state index in [0.29, 0.717) is 15.7 Å². The Morgan fingerprint density at radius 2 is 2.07 bits per heavy atom. The fourth-order valence-electron chi connectivity index (χ4n) is 0.952. The van der Waals surface area contributed by atoms with Crippen molar-refractivity contribution in [2.45, 2.75) is 0 Å². The third kappa shape index (κ3) is 2.48. The lowest BCUT2D eigenvalue weighted by Crippen LogP contribution is -2.11. The lowest BCUT2D eigenvalue weighted by atomic mass is 10.2. The molecule has 1 heterocycles. The van der Waals surface area contributed by atoms with Gasteiger partial charge in [0.15, 0.2) is 0 Å². The number of halogens is 1. The molecule has 2 rings (SSSR count). The maximum atomic E-state index is 11.6. The van der Waals surface area contributed by atoms with Crippen LogP contribution in [0, 0.1) is 0 Å². The van der Waals surface area contributed by atoms with Crippen molar-refractivity contribution in [2.75, 3.05) is 5.32 Å². The van der Waals surface area contributed by atoms with Gasteiger partial charge in [-0.2, -0.15) is 0 Å². The van der Waals surface area contributed by atoms with Crippen LogP contribution in [0.3, 0.4) is 0 Å². The van der Waals surface area contributed by atoms with Gasteiger partial charge in [0.25, 0.3) is 5.91 Å². The molecule has 0 aliphatic carbocycles.